The Morgan fingerprint density at radius 3 is 1.48 bits per heavy atom. The number of unbranched alkanes of at least 4 members (excludes halogenated alkanes) is 2. The number of aliphatic hydroxyl groups excluding tert-OH is 2. The average Bonchev–Trinajstić information content (AvgIpc) is 2.45. The van der Waals surface area contributed by atoms with Crippen LogP contribution in [0.1, 0.15) is 71.6 Å². The zero-order valence-corrected chi connectivity index (χ0v) is 14.5. The number of aliphatic hydroxyl groups is 2. The lowest BCUT2D eigenvalue weighted by Gasteiger charge is -2.07. The molecule has 2 unspecified atom stereocenters. The van der Waals surface area contributed by atoms with Gasteiger partial charge in [-0.3, -0.25) is 9.59 Å². The molecule has 0 spiro atoms. The second-order valence-corrected chi connectivity index (χ2v) is 5.98. The average molecular weight is 332 g/mol. The summed E-state index contributed by atoms with van der Waals surface area (Å²) in [4.78, 5) is 22.9. The molecule has 0 aromatic carbocycles. The molecule has 23 heavy (non-hydrogen) atoms. The van der Waals surface area contributed by atoms with Gasteiger partial charge < -0.3 is 19.7 Å². The molecule has 0 aliphatic rings. The summed E-state index contributed by atoms with van der Waals surface area (Å²) in [6.45, 7) is 4.19. The smallest absolute Gasteiger partial charge is 0.305 e. The maximum atomic E-state index is 11.4. The third-order valence-corrected chi connectivity index (χ3v) is 3.32. The van der Waals surface area contributed by atoms with Gasteiger partial charge in [0.15, 0.2) is 0 Å². The molecule has 0 bridgehead atoms. The normalized spacial score (nSPS) is 13.4. The fourth-order valence-electron chi connectivity index (χ4n) is 1.98. The zero-order chi connectivity index (χ0) is 17.5. The van der Waals surface area contributed by atoms with Crippen LogP contribution in [0.5, 0.6) is 0 Å². The van der Waals surface area contributed by atoms with E-state index in [-0.39, 0.29) is 37.0 Å². The van der Waals surface area contributed by atoms with Crippen molar-refractivity contribution < 1.29 is 29.3 Å². The molecule has 2 N–H and O–H groups in total. The van der Waals surface area contributed by atoms with E-state index in [9.17, 15) is 9.59 Å². The SMILES string of the molecule is CC(O)CCCCOC(=O)CCCC(=O)OCCCCC(C)O. The lowest BCUT2D eigenvalue weighted by atomic mass is 10.2. The summed E-state index contributed by atoms with van der Waals surface area (Å²) < 4.78 is 10.1. The van der Waals surface area contributed by atoms with E-state index in [4.69, 9.17) is 19.7 Å². The minimum atomic E-state index is -0.316. The van der Waals surface area contributed by atoms with Crippen molar-refractivity contribution in [3.8, 4) is 0 Å². The van der Waals surface area contributed by atoms with Crippen LogP contribution in [0.15, 0.2) is 0 Å². The molecule has 0 aromatic heterocycles. The molecular weight excluding hydrogens is 300 g/mol. The van der Waals surface area contributed by atoms with E-state index in [0.717, 1.165) is 25.7 Å². The maximum Gasteiger partial charge on any atom is 0.305 e. The van der Waals surface area contributed by atoms with Gasteiger partial charge in [0.05, 0.1) is 25.4 Å². The first-order chi connectivity index (χ1) is 10.9. The van der Waals surface area contributed by atoms with E-state index in [2.05, 4.69) is 0 Å². The molecule has 6 nitrogen and oxygen atoms in total. The Morgan fingerprint density at radius 1 is 0.739 bits per heavy atom. The Hall–Kier alpha value is -1.14. The second kappa shape index (κ2) is 14.5. The lowest BCUT2D eigenvalue weighted by Crippen LogP contribution is -2.10. The van der Waals surface area contributed by atoms with Gasteiger partial charge in [0.25, 0.3) is 0 Å². The fraction of sp³-hybridized carbons (Fsp3) is 0.882. The second-order valence-electron chi connectivity index (χ2n) is 5.98. The summed E-state index contributed by atoms with van der Waals surface area (Å²) in [6, 6.07) is 0. The van der Waals surface area contributed by atoms with Crippen molar-refractivity contribution in [3.05, 3.63) is 0 Å². The Kier molecular flexibility index (Phi) is 13.7. The molecule has 0 saturated heterocycles. The van der Waals surface area contributed by atoms with Crippen molar-refractivity contribution in [3.63, 3.8) is 0 Å². The van der Waals surface area contributed by atoms with Crippen LogP contribution in [0.2, 0.25) is 0 Å². The molecule has 0 fully saturated rings. The molecule has 2 atom stereocenters. The van der Waals surface area contributed by atoms with Crippen molar-refractivity contribution in [1.82, 2.24) is 0 Å². The molecule has 6 heteroatoms. The van der Waals surface area contributed by atoms with Crippen molar-refractivity contribution in [2.24, 2.45) is 0 Å². The zero-order valence-electron chi connectivity index (χ0n) is 14.5. The van der Waals surface area contributed by atoms with Crippen LogP contribution in [0.25, 0.3) is 0 Å². The van der Waals surface area contributed by atoms with Crippen LogP contribution < -0.4 is 0 Å². The highest BCUT2D eigenvalue weighted by Gasteiger charge is 2.07. The maximum absolute atomic E-state index is 11.4. The molecule has 0 amide bonds. The van der Waals surface area contributed by atoms with E-state index in [1.807, 2.05) is 0 Å². The van der Waals surface area contributed by atoms with E-state index in [0.29, 0.717) is 32.5 Å². The Labute approximate surface area is 139 Å². The van der Waals surface area contributed by atoms with E-state index >= 15 is 0 Å². The quantitative estimate of drug-likeness (QED) is 0.375. The first-order valence-corrected chi connectivity index (χ1v) is 8.59. The van der Waals surface area contributed by atoms with Crippen LogP contribution in [0.3, 0.4) is 0 Å². The molecule has 0 saturated carbocycles. The minimum Gasteiger partial charge on any atom is -0.466 e. The van der Waals surface area contributed by atoms with Gasteiger partial charge in [0.1, 0.15) is 0 Å². The molecule has 0 radical (unpaired) electrons. The third kappa shape index (κ3) is 17.1. The Morgan fingerprint density at radius 2 is 1.13 bits per heavy atom. The number of hydrogen-bond donors (Lipinski definition) is 2. The topological polar surface area (TPSA) is 93.1 Å². The highest BCUT2D eigenvalue weighted by molar-refractivity contribution is 5.72. The van der Waals surface area contributed by atoms with Gasteiger partial charge in [-0.1, -0.05) is 0 Å². The lowest BCUT2D eigenvalue weighted by molar-refractivity contribution is -0.145. The van der Waals surface area contributed by atoms with Gasteiger partial charge in [0, 0.05) is 12.8 Å². The molecule has 0 heterocycles. The van der Waals surface area contributed by atoms with Gasteiger partial charge >= 0.3 is 11.9 Å². The monoisotopic (exact) mass is 332 g/mol. The molecule has 0 aliphatic heterocycles. The third-order valence-electron chi connectivity index (χ3n) is 3.32. The van der Waals surface area contributed by atoms with Gasteiger partial charge in [-0.25, -0.2) is 0 Å². The number of hydrogen-bond acceptors (Lipinski definition) is 6. The van der Waals surface area contributed by atoms with Crippen LogP contribution in [-0.2, 0) is 19.1 Å². The first-order valence-electron chi connectivity index (χ1n) is 8.59. The number of carbonyl (C=O) groups is 2. The van der Waals surface area contributed by atoms with Gasteiger partial charge in [-0.15, -0.1) is 0 Å². The fourth-order valence-corrected chi connectivity index (χ4v) is 1.98. The Bertz CT molecular complexity index is 284. The summed E-state index contributed by atoms with van der Waals surface area (Å²) in [7, 11) is 0. The number of esters is 2. The number of carbonyl (C=O) groups excluding carboxylic acids is 2. The largest absolute Gasteiger partial charge is 0.466 e. The van der Waals surface area contributed by atoms with Crippen LogP contribution in [0, 0.1) is 0 Å². The first kappa shape index (κ1) is 21.9. The highest BCUT2D eigenvalue weighted by Crippen LogP contribution is 2.05. The van der Waals surface area contributed by atoms with Crippen molar-refractivity contribution in [1.29, 1.82) is 0 Å². The van der Waals surface area contributed by atoms with Crippen LogP contribution in [-0.4, -0.2) is 47.6 Å². The summed E-state index contributed by atoms with van der Waals surface area (Å²) in [5.74, 6) is -0.599. The van der Waals surface area contributed by atoms with Crippen LogP contribution in [0.4, 0.5) is 0 Å². The van der Waals surface area contributed by atoms with E-state index in [1.165, 1.54) is 0 Å². The molecule has 0 aliphatic carbocycles. The number of rotatable bonds is 14. The van der Waals surface area contributed by atoms with Gasteiger partial charge in [0.2, 0.25) is 0 Å². The van der Waals surface area contributed by atoms with E-state index < -0.39 is 0 Å². The summed E-state index contributed by atoms with van der Waals surface area (Å²) in [6.07, 6.45) is 4.78. The van der Waals surface area contributed by atoms with Crippen molar-refractivity contribution >= 4 is 11.9 Å². The van der Waals surface area contributed by atoms with Crippen molar-refractivity contribution in [2.75, 3.05) is 13.2 Å². The Balaban J connectivity index is 3.40. The van der Waals surface area contributed by atoms with Crippen molar-refractivity contribution in [2.45, 2.75) is 83.8 Å². The summed E-state index contributed by atoms with van der Waals surface area (Å²) in [5, 5.41) is 18.2. The highest BCUT2D eigenvalue weighted by atomic mass is 16.5. The van der Waals surface area contributed by atoms with Gasteiger partial charge in [-0.2, -0.15) is 0 Å². The molecule has 136 valence electrons. The molecule has 0 aromatic rings. The minimum absolute atomic E-state index is 0.216. The van der Waals surface area contributed by atoms with E-state index in [1.54, 1.807) is 13.8 Å². The standard InChI is InChI=1S/C17H32O6/c1-14(18)8-3-5-12-22-16(20)10-7-11-17(21)23-13-6-4-9-15(2)19/h14-15,18-19H,3-13H2,1-2H3. The summed E-state index contributed by atoms with van der Waals surface area (Å²) >= 11 is 0. The predicted molar refractivity (Wildman–Crippen MR) is 86.8 cm³/mol. The predicted octanol–water partition coefficient (Wildman–Crippen LogP) is 2.35. The molecular formula is C17H32O6. The summed E-state index contributed by atoms with van der Waals surface area (Å²) in [5.41, 5.74) is 0. The van der Waals surface area contributed by atoms with Gasteiger partial charge in [-0.05, 0) is 58.8 Å². The van der Waals surface area contributed by atoms with Crippen LogP contribution >= 0.6 is 0 Å². The number of ether oxygens (including phenoxy) is 2. The molecule has 0 rings (SSSR count).